The van der Waals surface area contributed by atoms with Crippen LogP contribution in [0.4, 0.5) is 8.78 Å². The molecule has 1 heterocycles. The number of nitrogens with zero attached hydrogens (tertiary/aromatic N) is 4. The molecule has 1 amide bonds. The van der Waals surface area contributed by atoms with E-state index in [1.807, 2.05) is 24.3 Å². The summed E-state index contributed by atoms with van der Waals surface area (Å²) in [6.07, 6.45) is 0. The van der Waals surface area contributed by atoms with Gasteiger partial charge >= 0.3 is 6.55 Å². The number of rotatable bonds is 8. The van der Waals surface area contributed by atoms with Gasteiger partial charge in [0, 0.05) is 19.2 Å². The molecule has 0 saturated heterocycles. The van der Waals surface area contributed by atoms with Gasteiger partial charge in [-0.05, 0) is 25.1 Å². The van der Waals surface area contributed by atoms with Gasteiger partial charge in [-0.25, -0.2) is 4.98 Å². The van der Waals surface area contributed by atoms with Crippen molar-refractivity contribution in [1.29, 1.82) is 0 Å². The van der Waals surface area contributed by atoms with Crippen molar-refractivity contribution < 1.29 is 23.1 Å². The van der Waals surface area contributed by atoms with Gasteiger partial charge in [-0.15, -0.1) is 0 Å². The van der Waals surface area contributed by atoms with Gasteiger partial charge in [-0.1, -0.05) is 35.5 Å². The van der Waals surface area contributed by atoms with Crippen molar-refractivity contribution in [2.45, 2.75) is 20.0 Å². The first-order valence-corrected chi connectivity index (χ1v) is 9.20. The van der Waals surface area contributed by atoms with Crippen molar-refractivity contribution in [3.8, 4) is 5.75 Å². The number of imidazole rings is 1. The molecule has 0 spiro atoms. The number of benzene rings is 2. The van der Waals surface area contributed by atoms with Crippen LogP contribution in [0.5, 0.6) is 5.75 Å². The second-order valence-electron chi connectivity index (χ2n) is 6.58. The highest BCUT2D eigenvalue weighted by atomic mass is 19.3. The maximum absolute atomic E-state index is 13.5. The molecular formula is C21H22F2N4O3. The summed E-state index contributed by atoms with van der Waals surface area (Å²) < 4.78 is 33.1. The molecule has 0 saturated carbocycles. The molecule has 0 aliphatic carbocycles. The lowest BCUT2D eigenvalue weighted by Gasteiger charge is -2.18. The zero-order chi connectivity index (χ0) is 21.7. The molecule has 0 aliphatic rings. The van der Waals surface area contributed by atoms with Gasteiger partial charge in [-0.2, -0.15) is 8.78 Å². The van der Waals surface area contributed by atoms with E-state index >= 15 is 0 Å². The number of hydrogen-bond donors (Lipinski definition) is 0. The molecule has 0 unspecified atom stereocenters. The van der Waals surface area contributed by atoms with Crippen LogP contribution >= 0.6 is 0 Å². The van der Waals surface area contributed by atoms with Crippen LogP contribution in [0.3, 0.4) is 0 Å². The Balaban J connectivity index is 1.67. The average Bonchev–Trinajstić information content (AvgIpc) is 3.14. The van der Waals surface area contributed by atoms with E-state index < -0.39 is 6.55 Å². The molecule has 158 valence electrons. The van der Waals surface area contributed by atoms with Crippen molar-refractivity contribution in [2.75, 3.05) is 20.8 Å². The highest BCUT2D eigenvalue weighted by Gasteiger charge is 2.20. The molecule has 2 aromatic carbocycles. The number of para-hydroxylation sites is 3. The molecular weight excluding hydrogens is 394 g/mol. The molecule has 0 aliphatic heterocycles. The maximum Gasteiger partial charge on any atom is 0.320 e. The Bertz CT molecular complexity index is 1070. The molecule has 7 nitrogen and oxygen atoms in total. The van der Waals surface area contributed by atoms with Crippen LogP contribution in [0.2, 0.25) is 0 Å². The molecule has 0 atom stereocenters. The quantitative estimate of drug-likeness (QED) is 0.413. The number of carbonyl (C=O) groups excluding carboxylic acids is 1. The van der Waals surface area contributed by atoms with E-state index in [0.717, 1.165) is 10.1 Å². The Hall–Kier alpha value is -3.49. The summed E-state index contributed by atoms with van der Waals surface area (Å²) in [6.45, 7) is -1.29. The predicted molar refractivity (Wildman–Crippen MR) is 109 cm³/mol. The zero-order valence-electron chi connectivity index (χ0n) is 16.9. The Labute approximate surface area is 172 Å². The van der Waals surface area contributed by atoms with Gasteiger partial charge in [0.2, 0.25) is 0 Å². The van der Waals surface area contributed by atoms with E-state index in [0.29, 0.717) is 23.3 Å². The molecule has 30 heavy (non-hydrogen) atoms. The number of halogens is 2. The number of carbonyl (C=O) groups is 1. The summed E-state index contributed by atoms with van der Waals surface area (Å²) in [4.78, 5) is 23.1. The summed E-state index contributed by atoms with van der Waals surface area (Å²) >= 11 is 0. The van der Waals surface area contributed by atoms with Crippen molar-refractivity contribution >= 4 is 22.7 Å². The lowest BCUT2D eigenvalue weighted by molar-refractivity contribution is -0.135. The topological polar surface area (TPSA) is 68.9 Å². The first-order valence-electron chi connectivity index (χ1n) is 9.20. The summed E-state index contributed by atoms with van der Waals surface area (Å²) in [6, 6.07) is 13.9. The third-order valence-corrected chi connectivity index (χ3v) is 4.53. The standard InChI is InChI=1S/C21H22F2N4O3/c1-14(20-24-16-9-5-6-10-17(16)27(20)21(22)23)25-30-13-19(28)26(2)12-15-8-4-7-11-18(15)29-3/h4-11,21H,12-13H2,1-3H3/b25-14-. The molecule has 0 fully saturated rings. The van der Waals surface area contributed by atoms with Crippen molar-refractivity contribution in [3.05, 3.63) is 59.9 Å². The van der Waals surface area contributed by atoms with Gasteiger partial charge in [0.05, 0.1) is 18.1 Å². The summed E-state index contributed by atoms with van der Waals surface area (Å²) in [5.41, 5.74) is 1.72. The molecule has 0 bridgehead atoms. The Morgan fingerprint density at radius 3 is 2.63 bits per heavy atom. The number of fused-ring (bicyclic) bond motifs is 1. The van der Waals surface area contributed by atoms with Crippen molar-refractivity contribution in [1.82, 2.24) is 14.5 Å². The van der Waals surface area contributed by atoms with E-state index in [1.54, 1.807) is 38.4 Å². The molecule has 3 rings (SSSR count). The lowest BCUT2D eigenvalue weighted by atomic mass is 10.2. The molecule has 9 heteroatoms. The predicted octanol–water partition coefficient (Wildman–Crippen LogP) is 3.84. The van der Waals surface area contributed by atoms with E-state index in [-0.39, 0.29) is 24.1 Å². The zero-order valence-corrected chi connectivity index (χ0v) is 16.9. The number of oxime groups is 1. The second-order valence-corrected chi connectivity index (χ2v) is 6.58. The number of methoxy groups -OCH3 is 1. The largest absolute Gasteiger partial charge is 0.496 e. The van der Waals surface area contributed by atoms with Crippen LogP contribution in [-0.2, 0) is 16.2 Å². The third kappa shape index (κ3) is 4.56. The summed E-state index contributed by atoms with van der Waals surface area (Å²) in [7, 11) is 3.19. The van der Waals surface area contributed by atoms with Gasteiger partial charge < -0.3 is 14.5 Å². The van der Waals surface area contributed by atoms with Crippen LogP contribution in [0.25, 0.3) is 11.0 Å². The minimum Gasteiger partial charge on any atom is -0.496 e. The SMILES string of the molecule is COc1ccccc1CN(C)C(=O)CO/N=C(/C)c1nc2ccccc2n1C(F)F. The van der Waals surface area contributed by atoms with E-state index in [2.05, 4.69) is 10.1 Å². The maximum atomic E-state index is 13.5. The highest BCUT2D eigenvalue weighted by molar-refractivity contribution is 5.98. The van der Waals surface area contributed by atoms with Crippen molar-refractivity contribution in [2.24, 2.45) is 5.16 Å². The second kappa shape index (κ2) is 9.34. The number of amides is 1. The van der Waals surface area contributed by atoms with E-state index in [1.165, 1.54) is 11.8 Å². The normalized spacial score (nSPS) is 11.7. The van der Waals surface area contributed by atoms with E-state index in [9.17, 15) is 13.6 Å². The minimum absolute atomic E-state index is 0.0129. The van der Waals surface area contributed by atoms with E-state index in [4.69, 9.17) is 9.57 Å². The lowest BCUT2D eigenvalue weighted by Crippen LogP contribution is -2.29. The van der Waals surface area contributed by atoms with Gasteiger partial charge in [-0.3, -0.25) is 9.36 Å². The van der Waals surface area contributed by atoms with Crippen LogP contribution in [0, 0.1) is 0 Å². The average molecular weight is 416 g/mol. The smallest absolute Gasteiger partial charge is 0.320 e. The number of likely N-dealkylation sites (N-methyl/N-ethyl adjacent to an activating group) is 1. The monoisotopic (exact) mass is 416 g/mol. The number of ether oxygens (including phenoxy) is 1. The number of aromatic nitrogens is 2. The first kappa shape index (κ1) is 21.2. The fourth-order valence-electron chi connectivity index (χ4n) is 3.01. The summed E-state index contributed by atoms with van der Waals surface area (Å²) in [5, 5.41) is 3.82. The first-order chi connectivity index (χ1) is 14.4. The fourth-order valence-corrected chi connectivity index (χ4v) is 3.01. The number of alkyl halides is 2. The third-order valence-electron chi connectivity index (χ3n) is 4.53. The van der Waals surface area contributed by atoms with Crippen LogP contribution < -0.4 is 4.74 Å². The van der Waals surface area contributed by atoms with Crippen LogP contribution in [-0.4, -0.2) is 46.8 Å². The van der Waals surface area contributed by atoms with Gasteiger partial charge in [0.1, 0.15) is 11.5 Å². The summed E-state index contributed by atoms with van der Waals surface area (Å²) in [5.74, 6) is 0.346. The molecule has 0 radical (unpaired) electrons. The van der Waals surface area contributed by atoms with Gasteiger partial charge in [0.15, 0.2) is 12.4 Å². The minimum atomic E-state index is -2.79. The van der Waals surface area contributed by atoms with Crippen LogP contribution in [0.1, 0.15) is 24.9 Å². The van der Waals surface area contributed by atoms with Crippen molar-refractivity contribution in [3.63, 3.8) is 0 Å². The number of hydrogen-bond acceptors (Lipinski definition) is 5. The molecule has 3 aromatic rings. The molecule has 0 N–H and O–H groups in total. The highest BCUT2D eigenvalue weighted by Crippen LogP contribution is 2.23. The van der Waals surface area contributed by atoms with Gasteiger partial charge in [0.25, 0.3) is 5.91 Å². The molecule has 1 aromatic heterocycles. The Morgan fingerprint density at radius 1 is 1.20 bits per heavy atom. The van der Waals surface area contributed by atoms with Crippen LogP contribution in [0.15, 0.2) is 53.7 Å². The Morgan fingerprint density at radius 2 is 1.90 bits per heavy atom. The fraction of sp³-hybridized carbons (Fsp3) is 0.286. The Kier molecular flexibility index (Phi) is 6.61.